The molecule has 1 aliphatic carbocycles. The molecule has 3 nitrogen and oxygen atoms in total. The van der Waals surface area contributed by atoms with E-state index in [1.165, 1.54) is 12.8 Å². The van der Waals surface area contributed by atoms with Gasteiger partial charge in [0.25, 0.3) is 0 Å². The summed E-state index contributed by atoms with van der Waals surface area (Å²) in [5.41, 5.74) is 1.12. The molecule has 0 bridgehead atoms. The Labute approximate surface area is 85.0 Å². The number of aromatic nitrogens is 2. The van der Waals surface area contributed by atoms with Crippen LogP contribution in [0, 0.1) is 0 Å². The molecule has 14 heavy (non-hydrogen) atoms. The van der Waals surface area contributed by atoms with Gasteiger partial charge < -0.3 is 5.32 Å². The second-order valence-electron chi connectivity index (χ2n) is 4.92. The van der Waals surface area contributed by atoms with Gasteiger partial charge in [0.1, 0.15) is 5.82 Å². The second kappa shape index (κ2) is 3.23. The number of nitrogens with one attached hydrogen (secondary N) is 1. The smallest absolute Gasteiger partial charge is 0.148 e. The Balaban J connectivity index is 2.27. The van der Waals surface area contributed by atoms with Crippen molar-refractivity contribution in [1.82, 2.24) is 9.97 Å². The highest BCUT2D eigenvalue weighted by atomic mass is 15.1. The van der Waals surface area contributed by atoms with E-state index in [9.17, 15) is 0 Å². The molecule has 1 aliphatic rings. The predicted octanol–water partition coefficient (Wildman–Crippen LogP) is 2.35. The normalized spacial score (nSPS) is 16.8. The number of rotatable bonds is 2. The van der Waals surface area contributed by atoms with Crippen LogP contribution in [0.4, 0.5) is 5.82 Å². The van der Waals surface area contributed by atoms with Crippen LogP contribution < -0.4 is 5.32 Å². The van der Waals surface area contributed by atoms with Crippen LogP contribution in [0.25, 0.3) is 0 Å². The van der Waals surface area contributed by atoms with E-state index < -0.39 is 0 Å². The lowest BCUT2D eigenvalue weighted by molar-refractivity contribution is 0.567. The van der Waals surface area contributed by atoms with Crippen molar-refractivity contribution >= 4 is 5.82 Å². The highest BCUT2D eigenvalue weighted by Crippen LogP contribution is 2.29. The van der Waals surface area contributed by atoms with Crippen molar-refractivity contribution < 1.29 is 0 Å². The Morgan fingerprint density at radius 3 is 2.43 bits per heavy atom. The first kappa shape index (κ1) is 9.44. The summed E-state index contributed by atoms with van der Waals surface area (Å²) >= 11 is 0. The Kier molecular flexibility index (Phi) is 2.17. The van der Waals surface area contributed by atoms with Crippen molar-refractivity contribution in [3.8, 4) is 0 Å². The van der Waals surface area contributed by atoms with Crippen LogP contribution in [0.1, 0.15) is 39.3 Å². The van der Waals surface area contributed by atoms with E-state index in [4.69, 9.17) is 0 Å². The lowest BCUT2D eigenvalue weighted by atomic mass is 9.92. The van der Waals surface area contributed by atoms with Crippen molar-refractivity contribution in [1.29, 1.82) is 0 Å². The molecule has 2 rings (SSSR count). The van der Waals surface area contributed by atoms with E-state index in [2.05, 4.69) is 36.1 Å². The van der Waals surface area contributed by atoms with Gasteiger partial charge in [-0.1, -0.05) is 20.8 Å². The standard InChI is InChI=1S/C11H17N3/c1-11(2,3)9-10(13-7-6-12-9)14-8-4-5-8/h6-8H,4-5H2,1-3H3,(H,13,14). The zero-order valence-corrected chi connectivity index (χ0v) is 9.04. The third-order valence-electron chi connectivity index (χ3n) is 2.33. The number of anilines is 1. The van der Waals surface area contributed by atoms with Crippen molar-refractivity contribution in [3.05, 3.63) is 18.1 Å². The molecular weight excluding hydrogens is 174 g/mol. The molecule has 0 saturated heterocycles. The van der Waals surface area contributed by atoms with Gasteiger partial charge in [-0.05, 0) is 12.8 Å². The summed E-state index contributed by atoms with van der Waals surface area (Å²) in [5, 5.41) is 3.42. The predicted molar refractivity (Wildman–Crippen MR) is 57.4 cm³/mol. The minimum atomic E-state index is 0.0610. The molecule has 76 valence electrons. The van der Waals surface area contributed by atoms with Gasteiger partial charge in [-0.25, -0.2) is 4.98 Å². The van der Waals surface area contributed by atoms with Crippen LogP contribution >= 0.6 is 0 Å². The molecule has 0 spiro atoms. The summed E-state index contributed by atoms with van der Waals surface area (Å²) in [7, 11) is 0. The van der Waals surface area contributed by atoms with Crippen molar-refractivity contribution in [2.75, 3.05) is 5.32 Å². The SMILES string of the molecule is CC(C)(C)c1nccnc1NC1CC1. The molecule has 1 fully saturated rings. The summed E-state index contributed by atoms with van der Waals surface area (Å²) in [5.74, 6) is 0.961. The van der Waals surface area contributed by atoms with E-state index in [1.54, 1.807) is 12.4 Å². The summed E-state index contributed by atoms with van der Waals surface area (Å²) < 4.78 is 0. The van der Waals surface area contributed by atoms with E-state index in [-0.39, 0.29) is 5.41 Å². The van der Waals surface area contributed by atoms with Gasteiger partial charge in [-0.15, -0.1) is 0 Å². The zero-order valence-electron chi connectivity index (χ0n) is 9.04. The first-order chi connectivity index (χ1) is 6.57. The first-order valence-corrected chi connectivity index (χ1v) is 5.15. The number of hydrogen-bond donors (Lipinski definition) is 1. The minimum absolute atomic E-state index is 0.0610. The largest absolute Gasteiger partial charge is 0.366 e. The van der Waals surface area contributed by atoms with Crippen molar-refractivity contribution in [2.24, 2.45) is 0 Å². The summed E-state index contributed by atoms with van der Waals surface area (Å²) in [6, 6.07) is 0.632. The van der Waals surface area contributed by atoms with Crippen molar-refractivity contribution in [3.63, 3.8) is 0 Å². The Bertz CT molecular complexity index is 324. The third-order valence-corrected chi connectivity index (χ3v) is 2.33. The Morgan fingerprint density at radius 1 is 1.21 bits per heavy atom. The molecule has 0 unspecified atom stereocenters. The highest BCUT2D eigenvalue weighted by Gasteiger charge is 2.26. The molecule has 1 saturated carbocycles. The van der Waals surface area contributed by atoms with Gasteiger partial charge in [-0.2, -0.15) is 0 Å². The third kappa shape index (κ3) is 2.03. The highest BCUT2D eigenvalue weighted by molar-refractivity contribution is 5.44. The maximum atomic E-state index is 4.41. The lowest BCUT2D eigenvalue weighted by Crippen LogP contribution is -2.18. The van der Waals surface area contributed by atoms with Crippen molar-refractivity contribution in [2.45, 2.75) is 45.1 Å². The fourth-order valence-electron chi connectivity index (χ4n) is 1.41. The van der Waals surface area contributed by atoms with E-state index in [1.807, 2.05) is 0 Å². The Morgan fingerprint density at radius 2 is 1.86 bits per heavy atom. The van der Waals surface area contributed by atoms with Gasteiger partial charge in [0.2, 0.25) is 0 Å². The molecule has 1 N–H and O–H groups in total. The molecule has 3 heteroatoms. The quantitative estimate of drug-likeness (QED) is 0.779. The maximum Gasteiger partial charge on any atom is 0.148 e. The number of nitrogens with zero attached hydrogens (tertiary/aromatic N) is 2. The van der Waals surface area contributed by atoms with E-state index in [0.29, 0.717) is 6.04 Å². The maximum absolute atomic E-state index is 4.41. The fourth-order valence-corrected chi connectivity index (χ4v) is 1.41. The van der Waals surface area contributed by atoms with Crippen LogP contribution in [0.2, 0.25) is 0 Å². The molecule has 1 aromatic heterocycles. The average Bonchev–Trinajstić information content (AvgIpc) is 2.87. The molecule has 0 amide bonds. The number of hydrogen-bond acceptors (Lipinski definition) is 3. The van der Waals surface area contributed by atoms with Crippen LogP contribution in [0.15, 0.2) is 12.4 Å². The summed E-state index contributed by atoms with van der Waals surface area (Å²) in [4.78, 5) is 8.76. The molecule has 1 aromatic rings. The average molecular weight is 191 g/mol. The Hall–Kier alpha value is -1.12. The topological polar surface area (TPSA) is 37.8 Å². The van der Waals surface area contributed by atoms with Crippen LogP contribution in [-0.2, 0) is 5.41 Å². The lowest BCUT2D eigenvalue weighted by Gasteiger charge is -2.20. The van der Waals surface area contributed by atoms with Gasteiger partial charge in [0, 0.05) is 23.9 Å². The minimum Gasteiger partial charge on any atom is -0.366 e. The molecule has 0 atom stereocenters. The van der Waals surface area contributed by atoms with Gasteiger partial charge in [0.15, 0.2) is 0 Å². The summed E-state index contributed by atoms with van der Waals surface area (Å²) in [6.45, 7) is 6.49. The summed E-state index contributed by atoms with van der Waals surface area (Å²) in [6.07, 6.45) is 6.04. The van der Waals surface area contributed by atoms with E-state index >= 15 is 0 Å². The fraction of sp³-hybridized carbons (Fsp3) is 0.636. The molecule has 0 aromatic carbocycles. The van der Waals surface area contributed by atoms with Crippen LogP contribution in [0.3, 0.4) is 0 Å². The molecule has 0 radical (unpaired) electrons. The molecular formula is C11H17N3. The monoisotopic (exact) mass is 191 g/mol. The first-order valence-electron chi connectivity index (χ1n) is 5.15. The zero-order chi connectivity index (χ0) is 10.2. The second-order valence-corrected chi connectivity index (χ2v) is 4.92. The van der Waals surface area contributed by atoms with E-state index in [0.717, 1.165) is 11.5 Å². The molecule has 1 heterocycles. The van der Waals surface area contributed by atoms with Gasteiger partial charge >= 0.3 is 0 Å². The van der Waals surface area contributed by atoms with Gasteiger partial charge in [0.05, 0.1) is 5.69 Å². The molecule has 0 aliphatic heterocycles. The van der Waals surface area contributed by atoms with Crippen LogP contribution in [0.5, 0.6) is 0 Å². The van der Waals surface area contributed by atoms with Crippen LogP contribution in [-0.4, -0.2) is 16.0 Å². The van der Waals surface area contributed by atoms with Gasteiger partial charge in [-0.3, -0.25) is 4.98 Å².